The Bertz CT molecular complexity index is 136. The Morgan fingerprint density at radius 3 is 1.36 bits per heavy atom. The summed E-state index contributed by atoms with van der Waals surface area (Å²) in [6.45, 7) is 3.72. The van der Waals surface area contributed by atoms with Gasteiger partial charge in [-0.25, -0.2) is 0 Å². The summed E-state index contributed by atoms with van der Waals surface area (Å²) in [5.74, 6) is -0.551. The molecule has 0 N–H and O–H groups in total. The van der Waals surface area contributed by atoms with Crippen molar-refractivity contribution in [2.45, 2.75) is 41.5 Å². The van der Waals surface area contributed by atoms with Gasteiger partial charge >= 0.3 is 11.9 Å². The topological polar surface area (TPSA) is 52.6 Å². The third-order valence-electron chi connectivity index (χ3n) is 1.19. The summed E-state index contributed by atoms with van der Waals surface area (Å²) >= 11 is 0. The quantitative estimate of drug-likeness (QED) is 0.511. The molecule has 14 heavy (non-hydrogen) atoms. The first-order valence-corrected chi connectivity index (χ1v) is 4.02. The largest absolute Gasteiger partial charge is 0.462 e. The third-order valence-corrected chi connectivity index (χ3v) is 1.19. The highest BCUT2D eigenvalue weighted by Crippen LogP contribution is 1.87. The van der Waals surface area contributed by atoms with E-state index in [1.54, 1.807) is 13.8 Å². The minimum Gasteiger partial charge on any atom is -0.462 e. The highest BCUT2D eigenvalue weighted by atomic mass is 16.6. The van der Waals surface area contributed by atoms with Crippen molar-refractivity contribution >= 4 is 11.9 Å². The second kappa shape index (κ2) is 11.9. The highest BCUT2D eigenvalue weighted by Gasteiger charge is 2.00. The van der Waals surface area contributed by atoms with E-state index in [-0.39, 0.29) is 40.0 Å². The van der Waals surface area contributed by atoms with Gasteiger partial charge in [-0.15, -0.1) is 0 Å². The molecule has 0 fully saturated rings. The van der Waals surface area contributed by atoms with Crippen molar-refractivity contribution in [3.8, 4) is 0 Å². The first kappa shape index (κ1) is 18.7. The lowest BCUT2D eigenvalue weighted by Crippen LogP contribution is -2.12. The van der Waals surface area contributed by atoms with Gasteiger partial charge in [0.05, 0.1) is 0 Å². The van der Waals surface area contributed by atoms with Crippen LogP contribution in [0.1, 0.15) is 41.5 Å². The minimum atomic E-state index is -0.275. The molecular formula is C10H22O4. The summed E-state index contributed by atoms with van der Waals surface area (Å²) in [5, 5.41) is 0. The zero-order valence-corrected chi connectivity index (χ0v) is 7.46. The first-order valence-electron chi connectivity index (χ1n) is 4.02. The smallest absolute Gasteiger partial charge is 0.305 e. The maximum absolute atomic E-state index is 10.6. The monoisotopic (exact) mass is 206 g/mol. The highest BCUT2D eigenvalue weighted by molar-refractivity contribution is 5.69. The minimum absolute atomic E-state index is 0. The van der Waals surface area contributed by atoms with Gasteiger partial charge in [0.25, 0.3) is 0 Å². The number of hydrogen-bond acceptors (Lipinski definition) is 4. The van der Waals surface area contributed by atoms with Gasteiger partial charge in [-0.1, -0.05) is 28.7 Å². The molecule has 0 bridgehead atoms. The van der Waals surface area contributed by atoms with E-state index in [0.29, 0.717) is 12.8 Å². The average molecular weight is 206 g/mol. The molecule has 4 nitrogen and oxygen atoms in total. The first-order chi connectivity index (χ1) is 5.70. The van der Waals surface area contributed by atoms with Gasteiger partial charge in [0.15, 0.2) is 0 Å². The van der Waals surface area contributed by atoms with Crippen LogP contribution in [0.5, 0.6) is 0 Å². The molecule has 0 heterocycles. The van der Waals surface area contributed by atoms with Crippen molar-refractivity contribution in [2.75, 3.05) is 13.2 Å². The van der Waals surface area contributed by atoms with Gasteiger partial charge in [-0.05, 0) is 0 Å². The van der Waals surface area contributed by atoms with E-state index >= 15 is 0 Å². The van der Waals surface area contributed by atoms with Gasteiger partial charge in [0.1, 0.15) is 13.2 Å². The summed E-state index contributed by atoms with van der Waals surface area (Å²) in [5.41, 5.74) is 0. The van der Waals surface area contributed by atoms with Crippen LogP contribution in [-0.4, -0.2) is 25.2 Å². The van der Waals surface area contributed by atoms with Gasteiger partial charge in [0, 0.05) is 12.8 Å². The Hall–Kier alpha value is -1.06. The number of esters is 2. The zero-order valence-electron chi connectivity index (χ0n) is 7.46. The molecular weight excluding hydrogens is 184 g/mol. The van der Waals surface area contributed by atoms with Crippen LogP contribution < -0.4 is 0 Å². The van der Waals surface area contributed by atoms with Crippen LogP contribution in [0.4, 0.5) is 0 Å². The Kier molecular flexibility index (Phi) is 15.9. The number of carbonyl (C=O) groups excluding carboxylic acids is 2. The van der Waals surface area contributed by atoms with Crippen LogP contribution in [-0.2, 0) is 19.1 Å². The molecule has 0 aromatic rings. The molecule has 0 rings (SSSR count). The molecule has 0 aliphatic rings. The molecule has 86 valence electrons. The van der Waals surface area contributed by atoms with Gasteiger partial charge in [-0.3, -0.25) is 9.59 Å². The SMILES string of the molecule is C.C.CCC(=O)OCCOC(=O)CC. The molecule has 0 aliphatic heterocycles. The number of carbonyl (C=O) groups is 2. The summed E-state index contributed by atoms with van der Waals surface area (Å²) < 4.78 is 9.34. The Labute approximate surface area is 86.6 Å². The summed E-state index contributed by atoms with van der Waals surface area (Å²) in [6, 6.07) is 0. The average Bonchev–Trinajstić information content (AvgIpc) is 2.11. The van der Waals surface area contributed by atoms with E-state index in [2.05, 4.69) is 9.47 Å². The van der Waals surface area contributed by atoms with Gasteiger partial charge < -0.3 is 9.47 Å². The fraction of sp³-hybridized carbons (Fsp3) is 0.800. The Morgan fingerprint density at radius 2 is 1.14 bits per heavy atom. The molecule has 0 atom stereocenters. The summed E-state index contributed by atoms with van der Waals surface area (Å²) in [7, 11) is 0. The van der Waals surface area contributed by atoms with E-state index in [9.17, 15) is 9.59 Å². The van der Waals surface area contributed by atoms with Crippen molar-refractivity contribution in [1.29, 1.82) is 0 Å². The van der Waals surface area contributed by atoms with E-state index in [0.717, 1.165) is 0 Å². The molecule has 4 heteroatoms. The Morgan fingerprint density at radius 1 is 0.857 bits per heavy atom. The van der Waals surface area contributed by atoms with Crippen LogP contribution in [0.15, 0.2) is 0 Å². The second-order valence-electron chi connectivity index (χ2n) is 2.15. The van der Waals surface area contributed by atoms with Crippen LogP contribution in [0.25, 0.3) is 0 Å². The van der Waals surface area contributed by atoms with E-state index < -0.39 is 0 Å². The van der Waals surface area contributed by atoms with Crippen LogP contribution in [0, 0.1) is 0 Å². The zero-order chi connectivity index (χ0) is 9.40. The molecule has 0 unspecified atom stereocenters. The third kappa shape index (κ3) is 10.9. The van der Waals surface area contributed by atoms with Crippen molar-refractivity contribution in [2.24, 2.45) is 0 Å². The standard InChI is InChI=1S/C8H14O4.2CH4/c1-3-7(9)11-5-6-12-8(10)4-2;;/h3-6H2,1-2H3;2*1H4. The number of rotatable bonds is 5. The molecule has 0 aromatic heterocycles. The summed E-state index contributed by atoms with van der Waals surface area (Å²) in [4.78, 5) is 21.1. The predicted octanol–water partition coefficient (Wildman–Crippen LogP) is 2.17. The van der Waals surface area contributed by atoms with Crippen LogP contribution in [0.2, 0.25) is 0 Å². The molecule has 0 spiro atoms. The van der Waals surface area contributed by atoms with E-state index in [1.165, 1.54) is 0 Å². The Balaban J connectivity index is -0.000000605. The molecule has 0 aromatic carbocycles. The lowest BCUT2D eigenvalue weighted by molar-refractivity contribution is -0.151. The van der Waals surface area contributed by atoms with Gasteiger partial charge in [0.2, 0.25) is 0 Å². The lowest BCUT2D eigenvalue weighted by Gasteiger charge is -2.03. The van der Waals surface area contributed by atoms with Crippen molar-refractivity contribution in [1.82, 2.24) is 0 Å². The van der Waals surface area contributed by atoms with Crippen LogP contribution in [0.3, 0.4) is 0 Å². The number of ether oxygens (including phenoxy) is 2. The van der Waals surface area contributed by atoms with Crippen molar-refractivity contribution in [3.05, 3.63) is 0 Å². The maximum atomic E-state index is 10.6. The summed E-state index contributed by atoms with van der Waals surface area (Å²) in [6.07, 6.45) is 0.698. The van der Waals surface area contributed by atoms with E-state index in [1.807, 2.05) is 0 Å². The number of hydrogen-bond donors (Lipinski definition) is 0. The fourth-order valence-electron chi connectivity index (χ4n) is 0.515. The van der Waals surface area contributed by atoms with Crippen molar-refractivity contribution in [3.63, 3.8) is 0 Å². The maximum Gasteiger partial charge on any atom is 0.305 e. The molecule has 0 saturated heterocycles. The van der Waals surface area contributed by atoms with Gasteiger partial charge in [-0.2, -0.15) is 0 Å². The fourth-order valence-corrected chi connectivity index (χ4v) is 0.515. The normalized spacial score (nSPS) is 7.86. The second-order valence-corrected chi connectivity index (χ2v) is 2.15. The molecule has 0 aliphatic carbocycles. The molecule has 0 amide bonds. The molecule has 0 saturated carbocycles. The van der Waals surface area contributed by atoms with Crippen molar-refractivity contribution < 1.29 is 19.1 Å². The van der Waals surface area contributed by atoms with E-state index in [4.69, 9.17) is 0 Å². The predicted molar refractivity (Wildman–Crippen MR) is 56.0 cm³/mol. The lowest BCUT2D eigenvalue weighted by atomic mass is 10.5. The molecule has 0 radical (unpaired) electrons. The van der Waals surface area contributed by atoms with Crippen LogP contribution >= 0.6 is 0 Å².